The number of anilines is 1. The van der Waals surface area contributed by atoms with Crippen LogP contribution in [0.2, 0.25) is 0 Å². The molecule has 4 nitrogen and oxygen atoms in total. The fourth-order valence-electron chi connectivity index (χ4n) is 2.08. The molecule has 21 heavy (non-hydrogen) atoms. The lowest BCUT2D eigenvalue weighted by molar-refractivity contribution is 0.517. The van der Waals surface area contributed by atoms with Gasteiger partial charge in [-0.1, -0.05) is 55.5 Å². The molecule has 0 fully saturated rings. The van der Waals surface area contributed by atoms with Gasteiger partial charge in [-0.25, -0.2) is 13.1 Å². The van der Waals surface area contributed by atoms with Crippen molar-refractivity contribution in [2.45, 2.75) is 50.8 Å². The van der Waals surface area contributed by atoms with Gasteiger partial charge in [0.2, 0.25) is 10.0 Å². The third kappa shape index (κ3) is 6.80. The molecule has 0 unspecified atom stereocenters. The Hall–Kier alpha value is -0.590. The molecule has 0 atom stereocenters. The van der Waals surface area contributed by atoms with E-state index in [9.17, 15) is 8.42 Å². The summed E-state index contributed by atoms with van der Waals surface area (Å²) in [7, 11) is -3.51. The van der Waals surface area contributed by atoms with Gasteiger partial charge in [0.25, 0.3) is 0 Å². The minimum Gasteiger partial charge on any atom is -0.398 e. The number of hydrogen-bond donors (Lipinski definition) is 2. The van der Waals surface area contributed by atoms with Crippen molar-refractivity contribution in [1.82, 2.24) is 4.72 Å². The van der Waals surface area contributed by atoms with Crippen molar-refractivity contribution in [3.63, 3.8) is 0 Å². The molecule has 0 spiro atoms. The summed E-state index contributed by atoms with van der Waals surface area (Å²) in [5, 5.41) is 0. The van der Waals surface area contributed by atoms with E-state index >= 15 is 0 Å². The summed E-state index contributed by atoms with van der Waals surface area (Å²) in [5.41, 5.74) is 6.01. The van der Waals surface area contributed by atoms with Crippen LogP contribution < -0.4 is 10.5 Å². The van der Waals surface area contributed by atoms with Gasteiger partial charge in [-0.3, -0.25) is 0 Å². The van der Waals surface area contributed by atoms with Gasteiger partial charge in [-0.2, -0.15) is 0 Å². The second-order valence-corrected chi connectivity index (χ2v) is 8.33. The van der Waals surface area contributed by atoms with Gasteiger partial charge < -0.3 is 5.73 Å². The topological polar surface area (TPSA) is 72.2 Å². The number of sulfonamides is 1. The van der Waals surface area contributed by atoms with Crippen LogP contribution >= 0.6 is 15.9 Å². The van der Waals surface area contributed by atoms with Crippen LogP contribution in [0.5, 0.6) is 0 Å². The molecule has 0 radical (unpaired) electrons. The highest BCUT2D eigenvalue weighted by Gasteiger charge is 2.16. The number of halogens is 1. The Kier molecular flexibility index (Phi) is 7.70. The molecule has 3 N–H and O–H groups in total. The van der Waals surface area contributed by atoms with E-state index in [-0.39, 0.29) is 10.6 Å². The van der Waals surface area contributed by atoms with Crippen molar-refractivity contribution in [2.24, 2.45) is 5.92 Å². The minimum absolute atomic E-state index is 0.144. The molecule has 1 aromatic rings. The Bertz CT molecular complexity index is 545. The summed E-state index contributed by atoms with van der Waals surface area (Å²) >= 11 is 3.27. The van der Waals surface area contributed by atoms with Crippen molar-refractivity contribution in [1.29, 1.82) is 0 Å². The quantitative estimate of drug-likeness (QED) is 0.506. The lowest BCUT2D eigenvalue weighted by atomic mass is 10.0. The highest BCUT2D eigenvalue weighted by molar-refractivity contribution is 9.10. The Labute approximate surface area is 136 Å². The van der Waals surface area contributed by atoms with E-state index in [4.69, 9.17) is 5.73 Å². The fraction of sp³-hybridized carbons (Fsp3) is 0.600. The van der Waals surface area contributed by atoms with Crippen molar-refractivity contribution in [3.8, 4) is 0 Å². The van der Waals surface area contributed by atoms with E-state index in [1.54, 1.807) is 12.1 Å². The molecule has 0 aliphatic heterocycles. The van der Waals surface area contributed by atoms with Crippen molar-refractivity contribution >= 4 is 31.6 Å². The van der Waals surface area contributed by atoms with E-state index in [2.05, 4.69) is 34.5 Å². The maximum atomic E-state index is 12.1. The number of nitrogens with one attached hydrogen (secondary N) is 1. The maximum absolute atomic E-state index is 12.1. The number of unbranched alkanes of at least 4 members (excludes halogenated alkanes) is 3. The standard InChI is InChI=1S/C15H25BrN2O2S/c1-12(2)7-5-3-4-6-10-18-21(19,20)15-9-8-13(16)11-14(15)17/h8-9,11-12,18H,3-7,10,17H2,1-2H3. The van der Waals surface area contributed by atoms with Crippen LogP contribution in [0.4, 0.5) is 5.69 Å². The zero-order chi connectivity index (χ0) is 15.9. The minimum atomic E-state index is -3.51. The Morgan fingerprint density at radius 1 is 1.19 bits per heavy atom. The summed E-state index contributed by atoms with van der Waals surface area (Å²) in [6, 6.07) is 4.79. The summed E-state index contributed by atoms with van der Waals surface area (Å²) in [6.07, 6.45) is 5.50. The van der Waals surface area contributed by atoms with E-state index < -0.39 is 10.0 Å². The number of rotatable bonds is 9. The molecule has 1 aromatic carbocycles. The normalized spacial score (nSPS) is 12.0. The summed E-state index contributed by atoms with van der Waals surface area (Å²) in [6.45, 7) is 4.90. The van der Waals surface area contributed by atoms with Gasteiger partial charge in [-0.15, -0.1) is 0 Å². The van der Waals surface area contributed by atoms with Crippen LogP contribution in [0.3, 0.4) is 0 Å². The Morgan fingerprint density at radius 2 is 1.86 bits per heavy atom. The highest BCUT2D eigenvalue weighted by Crippen LogP contribution is 2.22. The molecule has 0 saturated heterocycles. The highest BCUT2D eigenvalue weighted by atomic mass is 79.9. The summed E-state index contributed by atoms with van der Waals surface area (Å²) in [5.74, 6) is 0.740. The molecule has 6 heteroatoms. The zero-order valence-electron chi connectivity index (χ0n) is 12.7. The predicted octanol–water partition coefficient (Wildman–Crippen LogP) is 3.92. The van der Waals surface area contributed by atoms with E-state index in [0.717, 1.165) is 29.7 Å². The first-order valence-electron chi connectivity index (χ1n) is 7.37. The molecular weight excluding hydrogens is 352 g/mol. The third-order valence-electron chi connectivity index (χ3n) is 3.26. The summed E-state index contributed by atoms with van der Waals surface area (Å²) in [4.78, 5) is 0.144. The second kappa shape index (κ2) is 8.76. The molecule has 0 heterocycles. The third-order valence-corrected chi connectivity index (χ3v) is 5.29. The number of benzene rings is 1. The average Bonchev–Trinajstić information content (AvgIpc) is 2.36. The summed E-state index contributed by atoms with van der Waals surface area (Å²) < 4.78 is 27.7. The Morgan fingerprint density at radius 3 is 2.48 bits per heavy atom. The molecule has 0 aromatic heterocycles. The Balaban J connectivity index is 2.37. The van der Waals surface area contributed by atoms with Crippen LogP contribution in [0.1, 0.15) is 46.0 Å². The lowest BCUT2D eigenvalue weighted by Crippen LogP contribution is -2.25. The van der Waals surface area contributed by atoms with Gasteiger partial charge in [0, 0.05) is 11.0 Å². The SMILES string of the molecule is CC(C)CCCCCCNS(=O)(=O)c1ccc(Br)cc1N. The zero-order valence-corrected chi connectivity index (χ0v) is 15.1. The van der Waals surface area contributed by atoms with Crippen LogP contribution in [-0.2, 0) is 10.0 Å². The first kappa shape index (κ1) is 18.5. The van der Waals surface area contributed by atoms with Gasteiger partial charge >= 0.3 is 0 Å². The van der Waals surface area contributed by atoms with Crippen LogP contribution in [0, 0.1) is 5.92 Å². The molecule has 0 aliphatic carbocycles. The first-order valence-corrected chi connectivity index (χ1v) is 9.65. The van der Waals surface area contributed by atoms with E-state index in [1.807, 2.05) is 0 Å². The molecule has 0 aliphatic rings. The molecule has 0 saturated carbocycles. The molecular formula is C15H25BrN2O2S. The van der Waals surface area contributed by atoms with E-state index in [1.165, 1.54) is 18.9 Å². The number of nitrogen functional groups attached to an aromatic ring is 1. The predicted molar refractivity (Wildman–Crippen MR) is 91.7 cm³/mol. The molecule has 0 bridgehead atoms. The molecule has 120 valence electrons. The van der Waals surface area contributed by atoms with Crippen LogP contribution in [0.25, 0.3) is 0 Å². The van der Waals surface area contributed by atoms with E-state index in [0.29, 0.717) is 6.54 Å². The van der Waals surface area contributed by atoms with Crippen molar-refractivity contribution < 1.29 is 8.42 Å². The van der Waals surface area contributed by atoms with Crippen molar-refractivity contribution in [2.75, 3.05) is 12.3 Å². The van der Waals surface area contributed by atoms with Gasteiger partial charge in [-0.05, 0) is 30.5 Å². The smallest absolute Gasteiger partial charge is 0.242 e. The van der Waals surface area contributed by atoms with Crippen LogP contribution in [-0.4, -0.2) is 15.0 Å². The van der Waals surface area contributed by atoms with Gasteiger partial charge in [0.15, 0.2) is 0 Å². The average molecular weight is 377 g/mol. The fourth-order valence-corrected chi connectivity index (χ4v) is 3.64. The van der Waals surface area contributed by atoms with Crippen molar-refractivity contribution in [3.05, 3.63) is 22.7 Å². The van der Waals surface area contributed by atoms with Gasteiger partial charge in [0.1, 0.15) is 4.90 Å². The monoisotopic (exact) mass is 376 g/mol. The van der Waals surface area contributed by atoms with Crippen LogP contribution in [0.15, 0.2) is 27.6 Å². The molecule has 1 rings (SSSR count). The molecule has 0 amide bonds. The largest absolute Gasteiger partial charge is 0.398 e. The second-order valence-electron chi connectivity index (χ2n) is 5.68. The number of nitrogens with two attached hydrogens (primary N) is 1. The first-order chi connectivity index (χ1) is 9.83. The number of hydrogen-bond acceptors (Lipinski definition) is 3. The maximum Gasteiger partial charge on any atom is 0.242 e. The van der Waals surface area contributed by atoms with Gasteiger partial charge in [0.05, 0.1) is 5.69 Å². The lowest BCUT2D eigenvalue weighted by Gasteiger charge is -2.09.